The quantitative estimate of drug-likeness (QED) is 0.867. The molecule has 2 heterocycles. The summed E-state index contributed by atoms with van der Waals surface area (Å²) in [6.07, 6.45) is 0.266. The Bertz CT molecular complexity index is 624. The van der Waals surface area contributed by atoms with E-state index in [4.69, 9.17) is 14.0 Å². The van der Waals surface area contributed by atoms with Crippen molar-refractivity contribution in [2.75, 3.05) is 13.7 Å². The number of carbonyl (C=O) groups is 1. The Morgan fingerprint density at radius 2 is 2.19 bits per heavy atom. The Morgan fingerprint density at radius 1 is 1.38 bits per heavy atom. The first-order valence-electron chi connectivity index (χ1n) is 6.75. The van der Waals surface area contributed by atoms with E-state index in [0.717, 1.165) is 16.9 Å². The van der Waals surface area contributed by atoms with Gasteiger partial charge in [-0.15, -0.1) is 0 Å². The third-order valence-corrected chi connectivity index (χ3v) is 3.44. The van der Waals surface area contributed by atoms with E-state index in [-0.39, 0.29) is 6.09 Å². The first-order chi connectivity index (χ1) is 10.3. The number of rotatable bonds is 3. The zero-order valence-electron chi connectivity index (χ0n) is 11.7. The molecule has 0 aliphatic carbocycles. The van der Waals surface area contributed by atoms with Gasteiger partial charge in [-0.25, -0.2) is 4.79 Å². The highest BCUT2D eigenvalue weighted by Gasteiger charge is 2.28. The average molecular weight is 288 g/mol. The van der Waals surface area contributed by atoms with Crippen LogP contribution in [0, 0.1) is 0 Å². The molecule has 1 amide bonds. The number of hydrogen-bond acceptors (Lipinski definition) is 5. The number of methoxy groups -OCH3 is 1. The molecule has 1 aliphatic heterocycles. The van der Waals surface area contributed by atoms with Gasteiger partial charge in [0.2, 0.25) is 0 Å². The van der Waals surface area contributed by atoms with E-state index < -0.39 is 0 Å². The summed E-state index contributed by atoms with van der Waals surface area (Å²) in [4.78, 5) is 13.2. The number of ether oxygens (including phenoxy) is 2. The second kappa shape index (κ2) is 5.87. The number of aromatic nitrogens is 1. The maximum atomic E-state index is 11.6. The molecule has 0 radical (unpaired) electrons. The molecule has 0 bridgehead atoms. The lowest BCUT2D eigenvalue weighted by Crippen LogP contribution is -2.35. The van der Waals surface area contributed by atoms with Crippen molar-refractivity contribution in [3.05, 3.63) is 47.2 Å². The number of fused-ring (bicyclic) bond motifs is 1. The minimum atomic E-state index is -0.351. The van der Waals surface area contributed by atoms with Crippen molar-refractivity contribution < 1.29 is 18.8 Å². The zero-order valence-corrected chi connectivity index (χ0v) is 11.7. The Hall–Kier alpha value is -2.50. The molecule has 0 atom stereocenters. The number of hydrogen-bond donors (Lipinski definition) is 0. The lowest BCUT2D eigenvalue weighted by molar-refractivity contribution is 0.116. The fraction of sp³-hybridized carbons (Fsp3) is 0.333. The molecule has 110 valence electrons. The van der Waals surface area contributed by atoms with Gasteiger partial charge in [0.1, 0.15) is 12.4 Å². The van der Waals surface area contributed by atoms with Crippen molar-refractivity contribution in [2.45, 2.75) is 19.6 Å². The van der Waals surface area contributed by atoms with E-state index in [2.05, 4.69) is 5.16 Å². The molecule has 6 heteroatoms. The first kappa shape index (κ1) is 13.5. The second-order valence-corrected chi connectivity index (χ2v) is 4.81. The molecule has 0 spiro atoms. The van der Waals surface area contributed by atoms with E-state index in [0.29, 0.717) is 32.0 Å². The SMILES string of the molecule is COC(=O)N1CCc2onc(OCc3ccccc3)c2C1. The summed E-state index contributed by atoms with van der Waals surface area (Å²) >= 11 is 0. The van der Waals surface area contributed by atoms with Crippen molar-refractivity contribution >= 4 is 6.09 Å². The lowest BCUT2D eigenvalue weighted by atomic mass is 10.1. The second-order valence-electron chi connectivity index (χ2n) is 4.81. The first-order valence-corrected chi connectivity index (χ1v) is 6.75. The molecular formula is C15H16N2O4. The third-order valence-electron chi connectivity index (χ3n) is 3.44. The molecular weight excluding hydrogens is 272 g/mol. The Kier molecular flexibility index (Phi) is 3.77. The molecule has 0 fully saturated rings. The van der Waals surface area contributed by atoms with Crippen molar-refractivity contribution in [3.63, 3.8) is 0 Å². The topological polar surface area (TPSA) is 64.8 Å². The smallest absolute Gasteiger partial charge is 0.409 e. The summed E-state index contributed by atoms with van der Waals surface area (Å²) in [5.41, 5.74) is 1.87. The molecule has 0 saturated heterocycles. The minimum absolute atomic E-state index is 0.351. The lowest BCUT2D eigenvalue weighted by Gasteiger charge is -2.24. The molecule has 6 nitrogen and oxygen atoms in total. The summed E-state index contributed by atoms with van der Waals surface area (Å²) in [5, 5.41) is 3.96. The number of amides is 1. The Balaban J connectivity index is 1.71. The monoisotopic (exact) mass is 288 g/mol. The summed E-state index contributed by atoms with van der Waals surface area (Å²) in [5.74, 6) is 1.22. The van der Waals surface area contributed by atoms with E-state index in [9.17, 15) is 4.79 Å². The summed E-state index contributed by atoms with van der Waals surface area (Å²) in [6, 6.07) is 9.82. The zero-order chi connectivity index (χ0) is 14.7. The fourth-order valence-corrected chi connectivity index (χ4v) is 2.31. The Labute approximate surface area is 122 Å². The van der Waals surface area contributed by atoms with Crippen LogP contribution in [-0.4, -0.2) is 29.8 Å². The highest BCUT2D eigenvalue weighted by molar-refractivity contribution is 5.68. The summed E-state index contributed by atoms with van der Waals surface area (Å²) < 4.78 is 15.7. The van der Waals surface area contributed by atoms with Gasteiger partial charge in [0.05, 0.1) is 19.2 Å². The standard InChI is InChI=1S/C15H16N2O4/c1-19-15(18)17-8-7-13-12(9-17)14(16-21-13)20-10-11-5-3-2-4-6-11/h2-6H,7-10H2,1H3. The van der Waals surface area contributed by atoms with Gasteiger partial charge < -0.3 is 18.9 Å². The van der Waals surface area contributed by atoms with Gasteiger partial charge in [0.25, 0.3) is 5.88 Å². The van der Waals surface area contributed by atoms with Crippen molar-refractivity contribution in [3.8, 4) is 5.88 Å². The van der Waals surface area contributed by atoms with Crippen LogP contribution in [-0.2, 0) is 24.3 Å². The molecule has 0 N–H and O–H groups in total. The van der Waals surface area contributed by atoms with Crippen LogP contribution in [0.3, 0.4) is 0 Å². The third kappa shape index (κ3) is 2.84. The molecule has 0 unspecified atom stereocenters. The van der Waals surface area contributed by atoms with Crippen LogP contribution in [0.25, 0.3) is 0 Å². The number of nitrogens with zero attached hydrogens (tertiary/aromatic N) is 2. The van der Waals surface area contributed by atoms with Crippen LogP contribution in [0.15, 0.2) is 34.9 Å². The van der Waals surface area contributed by atoms with Gasteiger partial charge in [-0.05, 0) is 10.7 Å². The van der Waals surface area contributed by atoms with Gasteiger partial charge >= 0.3 is 6.09 Å². The maximum absolute atomic E-state index is 11.6. The molecule has 1 aromatic heterocycles. The fourth-order valence-electron chi connectivity index (χ4n) is 2.31. The van der Waals surface area contributed by atoms with E-state index in [1.165, 1.54) is 7.11 Å². The summed E-state index contributed by atoms with van der Waals surface area (Å²) in [7, 11) is 1.37. The van der Waals surface area contributed by atoms with E-state index in [1.807, 2.05) is 30.3 Å². The predicted octanol–water partition coefficient (Wildman–Crippen LogP) is 2.38. The largest absolute Gasteiger partial charge is 0.470 e. The molecule has 1 aromatic carbocycles. The Morgan fingerprint density at radius 3 is 2.95 bits per heavy atom. The van der Waals surface area contributed by atoms with Crippen molar-refractivity contribution in [1.29, 1.82) is 0 Å². The van der Waals surface area contributed by atoms with E-state index in [1.54, 1.807) is 4.90 Å². The van der Waals surface area contributed by atoms with Crippen LogP contribution in [0.2, 0.25) is 0 Å². The molecule has 1 aliphatic rings. The molecule has 0 saturated carbocycles. The van der Waals surface area contributed by atoms with Gasteiger partial charge in [-0.1, -0.05) is 30.3 Å². The van der Waals surface area contributed by atoms with Crippen LogP contribution >= 0.6 is 0 Å². The van der Waals surface area contributed by atoms with Gasteiger partial charge in [0.15, 0.2) is 0 Å². The van der Waals surface area contributed by atoms with E-state index >= 15 is 0 Å². The highest BCUT2D eigenvalue weighted by atomic mass is 16.5. The minimum Gasteiger partial charge on any atom is -0.470 e. The number of carbonyl (C=O) groups excluding carboxylic acids is 1. The van der Waals surface area contributed by atoms with Crippen molar-refractivity contribution in [2.24, 2.45) is 0 Å². The normalized spacial score (nSPS) is 13.7. The van der Waals surface area contributed by atoms with Gasteiger partial charge in [0, 0.05) is 13.0 Å². The molecule has 3 rings (SSSR count). The highest BCUT2D eigenvalue weighted by Crippen LogP contribution is 2.28. The van der Waals surface area contributed by atoms with Crippen LogP contribution in [0.1, 0.15) is 16.9 Å². The van der Waals surface area contributed by atoms with Crippen molar-refractivity contribution in [1.82, 2.24) is 10.1 Å². The predicted molar refractivity (Wildman–Crippen MR) is 73.8 cm³/mol. The van der Waals surface area contributed by atoms with Crippen LogP contribution < -0.4 is 4.74 Å². The number of benzene rings is 1. The van der Waals surface area contributed by atoms with Gasteiger partial charge in [-0.3, -0.25) is 0 Å². The van der Waals surface area contributed by atoms with Gasteiger partial charge in [-0.2, -0.15) is 0 Å². The maximum Gasteiger partial charge on any atom is 0.409 e. The molecule has 21 heavy (non-hydrogen) atoms. The van der Waals surface area contributed by atoms with Crippen LogP contribution in [0.4, 0.5) is 4.79 Å². The summed E-state index contributed by atoms with van der Waals surface area (Å²) in [6.45, 7) is 1.38. The molecule has 2 aromatic rings. The van der Waals surface area contributed by atoms with Crippen LogP contribution in [0.5, 0.6) is 5.88 Å². The average Bonchev–Trinajstić information content (AvgIpc) is 2.95.